The van der Waals surface area contributed by atoms with E-state index >= 15 is 0 Å². The molecule has 1 aliphatic rings. The molecule has 1 saturated heterocycles. The van der Waals surface area contributed by atoms with Gasteiger partial charge in [0.15, 0.2) is 0 Å². The van der Waals surface area contributed by atoms with Gasteiger partial charge >= 0.3 is 0 Å². The van der Waals surface area contributed by atoms with E-state index in [4.69, 9.17) is 0 Å². The second-order valence-corrected chi connectivity index (χ2v) is 6.95. The number of hydrogen-bond donors (Lipinski definition) is 1. The fraction of sp³-hybridized carbons (Fsp3) is 0.917. The SMILES string of the molecule is CCN(CC)S(=O)(=O)N1CCN(C)C[C@@H](C(=O)NC)C1. The molecule has 0 aliphatic carbocycles. The van der Waals surface area contributed by atoms with Crippen LogP contribution in [0.4, 0.5) is 0 Å². The van der Waals surface area contributed by atoms with Crippen molar-refractivity contribution in [1.82, 2.24) is 18.8 Å². The van der Waals surface area contributed by atoms with Gasteiger partial charge in [0.1, 0.15) is 0 Å². The Kier molecular flexibility index (Phi) is 6.38. The summed E-state index contributed by atoms with van der Waals surface area (Å²) in [5.74, 6) is -0.448. The van der Waals surface area contributed by atoms with Gasteiger partial charge in [0.05, 0.1) is 5.92 Å². The van der Waals surface area contributed by atoms with Gasteiger partial charge in [0.25, 0.3) is 10.2 Å². The molecule has 1 fully saturated rings. The first-order valence-corrected chi connectivity index (χ1v) is 8.41. The van der Waals surface area contributed by atoms with E-state index in [1.165, 1.54) is 8.61 Å². The third-order valence-corrected chi connectivity index (χ3v) is 5.82. The van der Waals surface area contributed by atoms with Crippen molar-refractivity contribution in [1.29, 1.82) is 0 Å². The van der Waals surface area contributed by atoms with E-state index < -0.39 is 10.2 Å². The Morgan fingerprint density at radius 2 is 1.85 bits per heavy atom. The number of likely N-dealkylation sites (N-methyl/N-ethyl adjacent to an activating group) is 1. The van der Waals surface area contributed by atoms with Gasteiger partial charge in [0.2, 0.25) is 5.91 Å². The highest BCUT2D eigenvalue weighted by Gasteiger charge is 2.34. The molecule has 1 amide bonds. The summed E-state index contributed by atoms with van der Waals surface area (Å²) in [4.78, 5) is 13.9. The third kappa shape index (κ3) is 3.91. The van der Waals surface area contributed by atoms with Gasteiger partial charge in [0, 0.05) is 46.3 Å². The van der Waals surface area contributed by atoms with E-state index in [-0.39, 0.29) is 18.4 Å². The van der Waals surface area contributed by atoms with Crippen LogP contribution in [0, 0.1) is 5.92 Å². The van der Waals surface area contributed by atoms with E-state index in [0.29, 0.717) is 32.7 Å². The first kappa shape index (κ1) is 17.4. The minimum absolute atomic E-state index is 0.113. The lowest BCUT2D eigenvalue weighted by molar-refractivity contribution is -0.124. The van der Waals surface area contributed by atoms with Gasteiger partial charge in [-0.3, -0.25) is 4.79 Å². The first-order chi connectivity index (χ1) is 9.36. The van der Waals surface area contributed by atoms with Crippen LogP contribution in [0.5, 0.6) is 0 Å². The Morgan fingerprint density at radius 1 is 1.25 bits per heavy atom. The molecular weight excluding hydrogens is 280 g/mol. The van der Waals surface area contributed by atoms with E-state index in [1.807, 2.05) is 25.8 Å². The topological polar surface area (TPSA) is 73.0 Å². The highest BCUT2D eigenvalue weighted by Crippen LogP contribution is 2.15. The number of carbonyl (C=O) groups excluding carboxylic acids is 1. The molecule has 0 bridgehead atoms. The smallest absolute Gasteiger partial charge is 0.282 e. The number of carbonyl (C=O) groups is 1. The predicted molar refractivity (Wildman–Crippen MR) is 78.5 cm³/mol. The molecule has 0 aromatic carbocycles. The van der Waals surface area contributed by atoms with Gasteiger partial charge in [-0.15, -0.1) is 0 Å². The van der Waals surface area contributed by atoms with Gasteiger partial charge in [-0.2, -0.15) is 17.0 Å². The molecule has 1 N–H and O–H groups in total. The Morgan fingerprint density at radius 3 is 2.35 bits per heavy atom. The van der Waals surface area contributed by atoms with Crippen molar-refractivity contribution in [2.24, 2.45) is 5.92 Å². The van der Waals surface area contributed by atoms with Crippen molar-refractivity contribution in [3.05, 3.63) is 0 Å². The Labute approximate surface area is 122 Å². The maximum absolute atomic E-state index is 12.6. The highest BCUT2D eigenvalue weighted by atomic mass is 32.2. The van der Waals surface area contributed by atoms with Crippen LogP contribution in [0.25, 0.3) is 0 Å². The number of amides is 1. The number of nitrogens with zero attached hydrogens (tertiary/aromatic N) is 3. The standard InChI is InChI=1S/C12H26N4O3S/c1-5-15(6-2)20(18,19)16-8-7-14(4)9-11(10-16)12(17)13-3/h11H,5-10H2,1-4H3,(H,13,17)/t11-/m1/s1. The second kappa shape index (κ2) is 7.35. The van der Waals surface area contributed by atoms with E-state index in [0.717, 1.165) is 0 Å². The average molecular weight is 306 g/mol. The number of nitrogens with one attached hydrogen (secondary N) is 1. The lowest BCUT2D eigenvalue weighted by Gasteiger charge is -2.28. The zero-order valence-electron chi connectivity index (χ0n) is 12.8. The van der Waals surface area contributed by atoms with Crippen LogP contribution in [0.1, 0.15) is 13.8 Å². The lowest BCUT2D eigenvalue weighted by Crippen LogP contribution is -2.47. The molecule has 0 aromatic heterocycles. The molecule has 1 heterocycles. The third-order valence-electron chi connectivity index (χ3n) is 3.66. The molecule has 1 atom stereocenters. The summed E-state index contributed by atoms with van der Waals surface area (Å²) in [5.41, 5.74) is 0. The van der Waals surface area contributed by atoms with E-state index in [9.17, 15) is 13.2 Å². The van der Waals surface area contributed by atoms with Crippen LogP contribution in [0.15, 0.2) is 0 Å². The van der Waals surface area contributed by atoms with Crippen molar-refractivity contribution in [3.63, 3.8) is 0 Å². The quantitative estimate of drug-likeness (QED) is 0.720. The zero-order valence-corrected chi connectivity index (χ0v) is 13.6. The molecule has 8 heteroatoms. The van der Waals surface area contributed by atoms with Crippen molar-refractivity contribution in [2.75, 3.05) is 53.4 Å². The molecule has 1 rings (SSSR count). The lowest BCUT2D eigenvalue weighted by atomic mass is 10.1. The summed E-state index contributed by atoms with van der Waals surface area (Å²) < 4.78 is 28.0. The Balaban J connectivity index is 2.96. The number of rotatable bonds is 5. The van der Waals surface area contributed by atoms with Crippen molar-refractivity contribution < 1.29 is 13.2 Å². The van der Waals surface area contributed by atoms with Crippen LogP contribution >= 0.6 is 0 Å². The number of hydrogen-bond acceptors (Lipinski definition) is 4. The fourth-order valence-corrected chi connectivity index (χ4v) is 4.10. The van der Waals surface area contributed by atoms with Crippen LogP contribution < -0.4 is 5.32 Å². The maximum atomic E-state index is 12.6. The predicted octanol–water partition coefficient (Wildman–Crippen LogP) is -0.817. The largest absolute Gasteiger partial charge is 0.359 e. The fourth-order valence-electron chi connectivity index (χ4n) is 2.44. The summed E-state index contributed by atoms with van der Waals surface area (Å²) in [6.07, 6.45) is 0. The molecule has 1 aliphatic heterocycles. The van der Waals surface area contributed by atoms with E-state index in [1.54, 1.807) is 7.05 Å². The average Bonchev–Trinajstić information content (AvgIpc) is 2.61. The summed E-state index contributed by atoms with van der Waals surface area (Å²) >= 11 is 0. The molecule has 0 saturated carbocycles. The summed E-state index contributed by atoms with van der Waals surface area (Å²) in [7, 11) is 0.000362. The van der Waals surface area contributed by atoms with Crippen molar-refractivity contribution in [2.45, 2.75) is 13.8 Å². The molecule has 7 nitrogen and oxygen atoms in total. The zero-order chi connectivity index (χ0) is 15.3. The monoisotopic (exact) mass is 306 g/mol. The molecule has 0 spiro atoms. The summed E-state index contributed by atoms with van der Waals surface area (Å²) in [6, 6.07) is 0. The van der Waals surface area contributed by atoms with Crippen LogP contribution in [0.3, 0.4) is 0 Å². The molecule has 118 valence electrons. The minimum atomic E-state index is -3.49. The summed E-state index contributed by atoms with van der Waals surface area (Å²) in [6.45, 7) is 6.39. The van der Waals surface area contributed by atoms with Crippen molar-refractivity contribution >= 4 is 16.1 Å². The molecule has 0 unspecified atom stereocenters. The van der Waals surface area contributed by atoms with Crippen LogP contribution in [0.2, 0.25) is 0 Å². The van der Waals surface area contributed by atoms with Crippen LogP contribution in [-0.4, -0.2) is 81.2 Å². The van der Waals surface area contributed by atoms with E-state index in [2.05, 4.69) is 5.32 Å². The Bertz CT molecular complexity index is 422. The Hall–Kier alpha value is -0.700. The first-order valence-electron chi connectivity index (χ1n) is 7.02. The van der Waals surface area contributed by atoms with Gasteiger partial charge in [-0.25, -0.2) is 0 Å². The van der Waals surface area contributed by atoms with Gasteiger partial charge < -0.3 is 10.2 Å². The van der Waals surface area contributed by atoms with Crippen molar-refractivity contribution in [3.8, 4) is 0 Å². The second-order valence-electron chi connectivity index (χ2n) is 5.02. The highest BCUT2D eigenvalue weighted by molar-refractivity contribution is 7.86. The molecular formula is C12H26N4O3S. The molecule has 20 heavy (non-hydrogen) atoms. The van der Waals surface area contributed by atoms with Crippen LogP contribution in [-0.2, 0) is 15.0 Å². The molecule has 0 aromatic rings. The van der Waals surface area contributed by atoms with Gasteiger partial charge in [-0.1, -0.05) is 13.8 Å². The minimum Gasteiger partial charge on any atom is -0.359 e. The normalized spacial score (nSPS) is 22.8. The maximum Gasteiger partial charge on any atom is 0.282 e. The molecule has 0 radical (unpaired) electrons. The van der Waals surface area contributed by atoms with Gasteiger partial charge in [-0.05, 0) is 7.05 Å². The summed E-state index contributed by atoms with van der Waals surface area (Å²) in [5, 5.41) is 2.61.